The number of carbonyl (C=O) groups is 4. The number of aromatic amines is 1. The van der Waals surface area contributed by atoms with Crippen LogP contribution in [0.2, 0.25) is 0 Å². The van der Waals surface area contributed by atoms with Crippen LogP contribution in [0.25, 0.3) is 0 Å². The first-order valence-electron chi connectivity index (χ1n) is 8.08. The molecule has 0 radical (unpaired) electrons. The lowest BCUT2D eigenvalue weighted by atomic mass is 10.1. The normalized spacial score (nSPS) is 14.0. The Morgan fingerprint density at radius 2 is 1.93 bits per heavy atom. The van der Waals surface area contributed by atoms with E-state index >= 15 is 0 Å². The zero-order valence-corrected chi connectivity index (χ0v) is 15.6. The van der Waals surface area contributed by atoms with Crippen LogP contribution in [0.15, 0.2) is 12.5 Å². The lowest BCUT2D eigenvalue weighted by molar-refractivity contribution is -0.143. The summed E-state index contributed by atoms with van der Waals surface area (Å²) in [4.78, 5) is 53.5. The van der Waals surface area contributed by atoms with E-state index in [0.29, 0.717) is 11.4 Å². The van der Waals surface area contributed by atoms with Crippen LogP contribution in [0.4, 0.5) is 0 Å². The Morgan fingerprint density at radius 3 is 2.44 bits per heavy atom. The third-order valence-corrected chi connectivity index (χ3v) is 4.24. The molecule has 0 aliphatic heterocycles. The van der Waals surface area contributed by atoms with Crippen LogP contribution in [0.1, 0.15) is 18.5 Å². The van der Waals surface area contributed by atoms with Gasteiger partial charge in [-0.15, -0.1) is 0 Å². The van der Waals surface area contributed by atoms with Crippen LogP contribution in [0.5, 0.6) is 0 Å². The molecule has 0 spiro atoms. The molecule has 27 heavy (non-hydrogen) atoms. The summed E-state index contributed by atoms with van der Waals surface area (Å²) in [7, 11) is 0. The van der Waals surface area contributed by atoms with E-state index in [-0.39, 0.29) is 12.8 Å². The number of carboxylic acids is 1. The van der Waals surface area contributed by atoms with Gasteiger partial charge in [-0.05, 0) is 18.4 Å². The fourth-order valence-corrected chi connectivity index (χ4v) is 2.65. The van der Waals surface area contributed by atoms with E-state index in [0.717, 1.165) is 0 Å². The minimum absolute atomic E-state index is 0.197. The van der Waals surface area contributed by atoms with Crippen LogP contribution in [-0.4, -0.2) is 68.9 Å². The third-order valence-electron chi connectivity index (χ3n) is 3.59. The van der Waals surface area contributed by atoms with Crippen LogP contribution < -0.4 is 22.1 Å². The number of thioether (sulfide) groups is 1. The van der Waals surface area contributed by atoms with E-state index in [1.54, 1.807) is 0 Å². The number of H-pyrrole nitrogens is 1. The van der Waals surface area contributed by atoms with Crippen LogP contribution >= 0.6 is 11.8 Å². The first-order valence-corrected chi connectivity index (χ1v) is 9.47. The molecule has 0 saturated heterocycles. The average Bonchev–Trinajstić information content (AvgIpc) is 3.09. The first-order chi connectivity index (χ1) is 12.7. The highest BCUT2D eigenvalue weighted by Crippen LogP contribution is 2.04. The molecule has 0 aliphatic rings. The molecule has 0 saturated carbocycles. The SMILES string of the molecule is CSCCC(NC(=O)C(N)Cc1cnc[nH]1)C(=O)NC(CC(N)=O)C(=O)O. The largest absolute Gasteiger partial charge is 0.480 e. The van der Waals surface area contributed by atoms with Crippen molar-refractivity contribution in [2.24, 2.45) is 11.5 Å². The van der Waals surface area contributed by atoms with Gasteiger partial charge in [0.05, 0.1) is 18.8 Å². The first kappa shape index (κ1) is 22.4. The minimum Gasteiger partial charge on any atom is -0.480 e. The van der Waals surface area contributed by atoms with Gasteiger partial charge in [0.1, 0.15) is 12.1 Å². The Bertz CT molecular complexity index is 653. The van der Waals surface area contributed by atoms with Crippen LogP contribution in [0.3, 0.4) is 0 Å². The maximum atomic E-state index is 12.4. The van der Waals surface area contributed by atoms with Gasteiger partial charge in [0.15, 0.2) is 0 Å². The molecule has 12 heteroatoms. The minimum atomic E-state index is -1.47. The second-order valence-corrected chi connectivity index (χ2v) is 6.79. The maximum absolute atomic E-state index is 12.4. The summed E-state index contributed by atoms with van der Waals surface area (Å²) >= 11 is 1.46. The highest BCUT2D eigenvalue weighted by atomic mass is 32.2. The van der Waals surface area contributed by atoms with E-state index in [2.05, 4.69) is 20.6 Å². The molecule has 0 fully saturated rings. The zero-order valence-electron chi connectivity index (χ0n) is 14.8. The molecule has 1 rings (SSSR count). The van der Waals surface area contributed by atoms with Gasteiger partial charge in [-0.1, -0.05) is 0 Å². The van der Waals surface area contributed by atoms with E-state index < -0.39 is 48.2 Å². The second-order valence-electron chi connectivity index (χ2n) is 5.80. The summed E-state index contributed by atoms with van der Waals surface area (Å²) in [6.07, 6.45) is 4.73. The lowest BCUT2D eigenvalue weighted by Crippen LogP contribution is -2.55. The number of aromatic nitrogens is 2. The molecule has 3 amide bonds. The number of amides is 3. The van der Waals surface area contributed by atoms with Crippen molar-refractivity contribution in [3.05, 3.63) is 18.2 Å². The van der Waals surface area contributed by atoms with Crippen molar-refractivity contribution in [3.8, 4) is 0 Å². The molecular formula is C15H24N6O5S. The zero-order chi connectivity index (χ0) is 20.4. The van der Waals surface area contributed by atoms with Gasteiger partial charge >= 0.3 is 5.97 Å². The topological polar surface area (TPSA) is 193 Å². The molecule has 8 N–H and O–H groups in total. The summed E-state index contributed by atoms with van der Waals surface area (Å²) < 4.78 is 0. The number of carboxylic acid groups (broad SMARTS) is 1. The predicted octanol–water partition coefficient (Wildman–Crippen LogP) is -2.04. The molecule has 3 atom stereocenters. The summed E-state index contributed by atoms with van der Waals surface area (Å²) in [6, 6.07) is -3.38. The van der Waals surface area contributed by atoms with E-state index in [1.807, 2.05) is 6.26 Å². The molecule has 1 aromatic heterocycles. The summed E-state index contributed by atoms with van der Waals surface area (Å²) in [5, 5.41) is 13.9. The highest BCUT2D eigenvalue weighted by Gasteiger charge is 2.28. The van der Waals surface area contributed by atoms with Gasteiger partial charge in [-0.3, -0.25) is 14.4 Å². The number of imidazole rings is 1. The highest BCUT2D eigenvalue weighted by molar-refractivity contribution is 7.98. The number of carbonyl (C=O) groups excluding carboxylic acids is 3. The van der Waals surface area contributed by atoms with Crippen molar-refractivity contribution in [2.45, 2.75) is 37.4 Å². The van der Waals surface area contributed by atoms with Gasteiger partial charge in [0, 0.05) is 18.3 Å². The Morgan fingerprint density at radius 1 is 1.26 bits per heavy atom. The van der Waals surface area contributed by atoms with Crippen LogP contribution in [0, 0.1) is 0 Å². The van der Waals surface area contributed by atoms with E-state index in [9.17, 15) is 19.2 Å². The van der Waals surface area contributed by atoms with Gasteiger partial charge in [0.25, 0.3) is 0 Å². The lowest BCUT2D eigenvalue weighted by Gasteiger charge is -2.22. The smallest absolute Gasteiger partial charge is 0.326 e. The molecule has 3 unspecified atom stereocenters. The van der Waals surface area contributed by atoms with Crippen LogP contribution in [-0.2, 0) is 25.6 Å². The standard InChI is InChI=1S/C15H24N6O5S/c1-27-3-2-10(14(24)21-11(15(25)26)5-12(17)22)20-13(23)9(16)4-8-6-18-7-19-8/h6-7,9-11H,2-5,16H2,1H3,(H2,17,22)(H,18,19)(H,20,23)(H,21,24)(H,25,26). The Balaban J connectivity index is 2.74. The fourth-order valence-electron chi connectivity index (χ4n) is 2.18. The molecule has 1 heterocycles. The van der Waals surface area contributed by atoms with Gasteiger partial charge in [0.2, 0.25) is 17.7 Å². The fraction of sp³-hybridized carbons (Fsp3) is 0.533. The van der Waals surface area contributed by atoms with Gasteiger partial charge in [-0.25, -0.2) is 9.78 Å². The average molecular weight is 400 g/mol. The summed E-state index contributed by atoms with van der Waals surface area (Å²) in [5.74, 6) is -3.00. The molecule has 150 valence electrons. The molecular weight excluding hydrogens is 376 g/mol. The number of hydrogen-bond donors (Lipinski definition) is 6. The molecule has 0 aliphatic carbocycles. The number of nitrogens with zero attached hydrogens (tertiary/aromatic N) is 1. The van der Waals surface area contributed by atoms with Crippen molar-refractivity contribution in [1.29, 1.82) is 0 Å². The quantitative estimate of drug-likeness (QED) is 0.231. The molecule has 11 nitrogen and oxygen atoms in total. The van der Waals surface area contributed by atoms with Crippen molar-refractivity contribution < 1.29 is 24.3 Å². The van der Waals surface area contributed by atoms with Gasteiger partial charge in [-0.2, -0.15) is 11.8 Å². The summed E-state index contributed by atoms with van der Waals surface area (Å²) in [5.41, 5.74) is 11.5. The Kier molecular flexibility index (Phi) is 9.30. The van der Waals surface area contributed by atoms with E-state index in [4.69, 9.17) is 16.6 Å². The number of primary amides is 1. The molecule has 0 bridgehead atoms. The number of aliphatic carboxylic acids is 1. The molecule has 0 aromatic carbocycles. The predicted molar refractivity (Wildman–Crippen MR) is 98.6 cm³/mol. The Labute approximate surface area is 160 Å². The third kappa shape index (κ3) is 8.09. The van der Waals surface area contributed by atoms with E-state index in [1.165, 1.54) is 24.3 Å². The van der Waals surface area contributed by atoms with Crippen molar-refractivity contribution in [2.75, 3.05) is 12.0 Å². The monoisotopic (exact) mass is 400 g/mol. The van der Waals surface area contributed by atoms with Crippen molar-refractivity contribution >= 4 is 35.5 Å². The second kappa shape index (κ2) is 11.2. The maximum Gasteiger partial charge on any atom is 0.326 e. The Hall–Kier alpha value is -2.60. The number of hydrogen-bond acceptors (Lipinski definition) is 7. The van der Waals surface area contributed by atoms with Crippen molar-refractivity contribution in [1.82, 2.24) is 20.6 Å². The van der Waals surface area contributed by atoms with Gasteiger partial charge < -0.3 is 32.2 Å². The number of nitrogens with one attached hydrogen (secondary N) is 3. The number of rotatable bonds is 12. The summed E-state index contributed by atoms with van der Waals surface area (Å²) in [6.45, 7) is 0. The number of nitrogens with two attached hydrogens (primary N) is 2. The molecule has 1 aromatic rings. The van der Waals surface area contributed by atoms with Crippen molar-refractivity contribution in [3.63, 3.8) is 0 Å².